The lowest BCUT2D eigenvalue weighted by atomic mass is 10.1. The van der Waals surface area contributed by atoms with Crippen LogP contribution >= 0.6 is 11.8 Å². The summed E-state index contributed by atoms with van der Waals surface area (Å²) in [6.45, 7) is 0.774. The van der Waals surface area contributed by atoms with E-state index in [9.17, 15) is 9.90 Å². The first-order valence-electron chi connectivity index (χ1n) is 6.72. The number of carboxylic acid groups (broad SMARTS) is 1. The molecule has 1 saturated heterocycles. The molecule has 3 rings (SSSR count). The highest BCUT2D eigenvalue weighted by molar-refractivity contribution is 8.00. The molecule has 1 aliphatic heterocycles. The number of hydrogen-bond acceptors (Lipinski definition) is 4. The normalized spacial score (nSPS) is 18.3. The van der Waals surface area contributed by atoms with Gasteiger partial charge in [-0.3, -0.25) is 0 Å². The number of benzene rings is 1. The number of aromatic carboxylic acids is 1. The van der Waals surface area contributed by atoms with Crippen LogP contribution in [-0.4, -0.2) is 33.6 Å². The molecule has 0 bridgehead atoms. The van der Waals surface area contributed by atoms with Gasteiger partial charge in [0.1, 0.15) is 11.4 Å². The zero-order valence-corrected chi connectivity index (χ0v) is 11.8. The molecule has 104 valence electrons. The molecule has 1 fully saturated rings. The number of rotatable bonds is 4. The molecule has 0 amide bonds. The van der Waals surface area contributed by atoms with Crippen LogP contribution in [0.15, 0.2) is 30.3 Å². The van der Waals surface area contributed by atoms with Gasteiger partial charge in [-0.2, -0.15) is 11.8 Å². The summed E-state index contributed by atoms with van der Waals surface area (Å²) in [5, 5.41) is 14.0. The Morgan fingerprint density at radius 2 is 2.30 bits per heavy atom. The summed E-state index contributed by atoms with van der Waals surface area (Å²) in [6.07, 6.45) is 2.43. The van der Waals surface area contributed by atoms with Crippen LogP contribution in [0.1, 0.15) is 23.2 Å². The maximum atomic E-state index is 11.4. The number of carbonyl (C=O) groups is 1. The smallest absolute Gasteiger partial charge is 0.339 e. The van der Waals surface area contributed by atoms with Crippen molar-refractivity contribution in [2.75, 3.05) is 17.6 Å². The van der Waals surface area contributed by atoms with Gasteiger partial charge < -0.3 is 10.4 Å². The first-order chi connectivity index (χ1) is 9.74. The summed E-state index contributed by atoms with van der Waals surface area (Å²) in [4.78, 5) is 15.8. The third-order valence-corrected chi connectivity index (χ3v) is 4.87. The standard InChI is InChI=1S/C15H16N2O2S/c18-15(19)12-8-10-4-1-2-6-13(10)17-14(12)16-9-11-5-3-7-20-11/h1-2,4,6,8,11H,3,5,7,9H2,(H,16,17)(H,18,19). The Morgan fingerprint density at radius 1 is 1.45 bits per heavy atom. The summed E-state index contributed by atoms with van der Waals surface area (Å²) in [6, 6.07) is 9.26. The van der Waals surface area contributed by atoms with Gasteiger partial charge in [-0.05, 0) is 30.7 Å². The molecule has 0 radical (unpaired) electrons. The number of nitrogens with one attached hydrogen (secondary N) is 1. The Hall–Kier alpha value is -1.75. The molecule has 2 N–H and O–H groups in total. The van der Waals surface area contributed by atoms with E-state index >= 15 is 0 Å². The highest BCUT2D eigenvalue weighted by atomic mass is 32.2. The minimum absolute atomic E-state index is 0.242. The monoisotopic (exact) mass is 288 g/mol. The number of pyridine rings is 1. The third kappa shape index (κ3) is 2.72. The van der Waals surface area contributed by atoms with Crippen molar-refractivity contribution in [3.8, 4) is 0 Å². The van der Waals surface area contributed by atoms with Crippen molar-refractivity contribution in [1.29, 1.82) is 0 Å². The van der Waals surface area contributed by atoms with Crippen LogP contribution in [0.3, 0.4) is 0 Å². The molecule has 1 atom stereocenters. The van der Waals surface area contributed by atoms with E-state index in [1.54, 1.807) is 6.07 Å². The highest BCUT2D eigenvalue weighted by Gasteiger charge is 2.18. The van der Waals surface area contributed by atoms with Crippen LogP contribution in [0, 0.1) is 0 Å². The first-order valence-corrected chi connectivity index (χ1v) is 7.77. The molecule has 5 heteroatoms. The minimum atomic E-state index is -0.940. The van der Waals surface area contributed by atoms with E-state index in [-0.39, 0.29) is 5.56 Å². The number of hydrogen-bond donors (Lipinski definition) is 2. The Kier molecular flexibility index (Phi) is 3.78. The van der Waals surface area contributed by atoms with Gasteiger partial charge in [0.05, 0.1) is 5.52 Å². The molecule has 1 aliphatic rings. The first kappa shape index (κ1) is 13.2. The second-order valence-electron chi connectivity index (χ2n) is 4.90. The molecule has 2 aromatic rings. The van der Waals surface area contributed by atoms with E-state index in [0.717, 1.165) is 17.4 Å². The lowest BCUT2D eigenvalue weighted by Crippen LogP contribution is -2.17. The predicted octanol–water partition coefficient (Wildman–Crippen LogP) is 3.24. The molecule has 0 aliphatic carbocycles. The number of aromatic nitrogens is 1. The van der Waals surface area contributed by atoms with Crippen molar-refractivity contribution >= 4 is 34.5 Å². The van der Waals surface area contributed by atoms with Crippen molar-refractivity contribution in [1.82, 2.24) is 4.98 Å². The van der Waals surface area contributed by atoms with Crippen molar-refractivity contribution in [2.24, 2.45) is 0 Å². The van der Waals surface area contributed by atoms with E-state index < -0.39 is 5.97 Å². The predicted molar refractivity (Wildman–Crippen MR) is 82.7 cm³/mol. The summed E-state index contributed by atoms with van der Waals surface area (Å²) in [5.74, 6) is 0.733. The van der Waals surface area contributed by atoms with Gasteiger partial charge in [0.2, 0.25) is 0 Å². The van der Waals surface area contributed by atoms with Crippen molar-refractivity contribution in [2.45, 2.75) is 18.1 Å². The van der Waals surface area contributed by atoms with Crippen LogP contribution in [0.2, 0.25) is 0 Å². The van der Waals surface area contributed by atoms with E-state index in [2.05, 4.69) is 10.3 Å². The van der Waals surface area contributed by atoms with Crippen LogP contribution in [0.5, 0.6) is 0 Å². The van der Waals surface area contributed by atoms with E-state index in [1.165, 1.54) is 18.6 Å². The van der Waals surface area contributed by atoms with E-state index in [0.29, 0.717) is 11.1 Å². The van der Waals surface area contributed by atoms with E-state index in [1.807, 2.05) is 36.0 Å². The highest BCUT2D eigenvalue weighted by Crippen LogP contribution is 2.27. The van der Waals surface area contributed by atoms with Crippen LogP contribution in [-0.2, 0) is 0 Å². The molecule has 1 unspecified atom stereocenters. The molecule has 0 saturated carbocycles. The van der Waals surface area contributed by atoms with Gasteiger partial charge in [-0.15, -0.1) is 0 Å². The number of para-hydroxylation sites is 1. The van der Waals surface area contributed by atoms with Crippen molar-refractivity contribution in [3.63, 3.8) is 0 Å². The van der Waals surface area contributed by atoms with Gasteiger partial charge >= 0.3 is 5.97 Å². The summed E-state index contributed by atoms with van der Waals surface area (Å²) in [7, 11) is 0. The largest absolute Gasteiger partial charge is 0.478 e. The lowest BCUT2D eigenvalue weighted by molar-refractivity contribution is 0.0698. The van der Waals surface area contributed by atoms with Crippen molar-refractivity contribution < 1.29 is 9.90 Å². The number of nitrogens with zero attached hydrogens (tertiary/aromatic N) is 1. The number of fused-ring (bicyclic) bond motifs is 1. The Bertz CT molecular complexity index is 639. The van der Waals surface area contributed by atoms with Gasteiger partial charge in [-0.25, -0.2) is 9.78 Å². The SMILES string of the molecule is O=C(O)c1cc2ccccc2nc1NCC1CCCS1. The van der Waals surface area contributed by atoms with Gasteiger partial charge in [0, 0.05) is 17.2 Å². The lowest BCUT2D eigenvalue weighted by Gasteiger charge is -2.13. The fourth-order valence-corrected chi connectivity index (χ4v) is 3.63. The molecular weight excluding hydrogens is 272 g/mol. The fourth-order valence-electron chi connectivity index (χ4n) is 2.43. The van der Waals surface area contributed by atoms with Gasteiger partial charge in [0.25, 0.3) is 0 Å². The van der Waals surface area contributed by atoms with E-state index in [4.69, 9.17) is 0 Å². The Balaban J connectivity index is 1.90. The van der Waals surface area contributed by atoms with Gasteiger partial charge in [0.15, 0.2) is 0 Å². The molecular formula is C15H16N2O2S. The van der Waals surface area contributed by atoms with Crippen LogP contribution in [0.25, 0.3) is 10.9 Å². The number of anilines is 1. The average Bonchev–Trinajstić information content (AvgIpc) is 2.97. The number of thioether (sulfide) groups is 1. The molecule has 2 heterocycles. The van der Waals surface area contributed by atoms with Crippen LogP contribution < -0.4 is 5.32 Å². The molecule has 20 heavy (non-hydrogen) atoms. The molecule has 0 spiro atoms. The van der Waals surface area contributed by atoms with Crippen LogP contribution in [0.4, 0.5) is 5.82 Å². The minimum Gasteiger partial charge on any atom is -0.478 e. The summed E-state index contributed by atoms with van der Waals surface area (Å²) in [5.41, 5.74) is 1.06. The van der Waals surface area contributed by atoms with Crippen molar-refractivity contribution in [3.05, 3.63) is 35.9 Å². The Labute approximate surface area is 121 Å². The summed E-state index contributed by atoms with van der Waals surface area (Å²) < 4.78 is 0. The molecule has 1 aromatic carbocycles. The number of carboxylic acids is 1. The third-order valence-electron chi connectivity index (χ3n) is 3.48. The second kappa shape index (κ2) is 5.71. The summed E-state index contributed by atoms with van der Waals surface area (Å²) >= 11 is 1.94. The fraction of sp³-hybridized carbons (Fsp3) is 0.333. The van der Waals surface area contributed by atoms with Gasteiger partial charge in [-0.1, -0.05) is 18.2 Å². The zero-order chi connectivity index (χ0) is 13.9. The zero-order valence-electron chi connectivity index (χ0n) is 11.0. The molecule has 4 nitrogen and oxygen atoms in total. The quantitative estimate of drug-likeness (QED) is 0.904. The Morgan fingerprint density at radius 3 is 3.05 bits per heavy atom. The second-order valence-corrected chi connectivity index (χ2v) is 6.31. The average molecular weight is 288 g/mol. The maximum Gasteiger partial charge on any atom is 0.339 e. The maximum absolute atomic E-state index is 11.4. The topological polar surface area (TPSA) is 62.2 Å². The molecule has 1 aromatic heterocycles.